The van der Waals surface area contributed by atoms with Gasteiger partial charge in [-0.25, -0.2) is 0 Å². The molecule has 0 saturated carbocycles. The van der Waals surface area contributed by atoms with Crippen LogP contribution < -0.4 is 5.32 Å². The Balaban J connectivity index is 2.00. The Hall–Kier alpha value is -0.700. The van der Waals surface area contributed by atoms with Crippen LogP contribution in [-0.2, 0) is 0 Å². The average Bonchev–Trinajstić information content (AvgIpc) is 2.17. The lowest BCUT2D eigenvalue weighted by molar-refractivity contribution is 0.145. The Morgan fingerprint density at radius 3 is 3.42 bits per heavy atom. The monoisotopic (exact) mass is 168 g/mol. The zero-order valence-electron chi connectivity index (χ0n) is 7.29. The Labute approximate surface area is 73.1 Å². The van der Waals surface area contributed by atoms with Crippen molar-refractivity contribution < 1.29 is 5.11 Å². The third kappa shape index (κ3) is 1.41. The van der Waals surface area contributed by atoms with E-state index in [4.69, 9.17) is 5.11 Å². The number of piperidine rings is 1. The van der Waals surface area contributed by atoms with Crippen molar-refractivity contribution in [2.24, 2.45) is 5.92 Å². The summed E-state index contributed by atoms with van der Waals surface area (Å²) in [6.07, 6.45) is 4.38. The highest BCUT2D eigenvalue weighted by molar-refractivity contribution is 5.06. The standard InChI is InChI=1S/C9H16N2O/c12-7-8-1-2-9-5-10-3-4-11(9)6-8/h5,8,10,12H,1-4,6-7H2/t8-/m0/s1. The molecule has 1 atom stereocenters. The van der Waals surface area contributed by atoms with Gasteiger partial charge in [-0.1, -0.05) is 0 Å². The molecule has 0 radical (unpaired) electrons. The predicted molar refractivity (Wildman–Crippen MR) is 47.5 cm³/mol. The van der Waals surface area contributed by atoms with Crippen molar-refractivity contribution >= 4 is 0 Å². The molecule has 2 rings (SSSR count). The first-order valence-corrected chi connectivity index (χ1v) is 4.68. The van der Waals surface area contributed by atoms with Gasteiger partial charge >= 0.3 is 0 Å². The normalized spacial score (nSPS) is 28.9. The van der Waals surface area contributed by atoms with Gasteiger partial charge in [0.05, 0.1) is 0 Å². The second-order valence-electron chi connectivity index (χ2n) is 3.62. The van der Waals surface area contributed by atoms with Gasteiger partial charge in [0.2, 0.25) is 0 Å². The lowest BCUT2D eigenvalue weighted by Gasteiger charge is -2.38. The summed E-state index contributed by atoms with van der Waals surface area (Å²) in [5.74, 6) is 0.500. The Morgan fingerprint density at radius 1 is 1.67 bits per heavy atom. The van der Waals surface area contributed by atoms with Crippen LogP contribution in [0.1, 0.15) is 12.8 Å². The van der Waals surface area contributed by atoms with Gasteiger partial charge in [-0.15, -0.1) is 0 Å². The zero-order chi connectivity index (χ0) is 8.39. The summed E-state index contributed by atoms with van der Waals surface area (Å²) in [4.78, 5) is 2.39. The van der Waals surface area contributed by atoms with Crippen molar-refractivity contribution in [3.05, 3.63) is 11.9 Å². The van der Waals surface area contributed by atoms with Crippen LogP contribution in [0.4, 0.5) is 0 Å². The van der Waals surface area contributed by atoms with E-state index in [2.05, 4.69) is 16.4 Å². The summed E-state index contributed by atoms with van der Waals surface area (Å²) in [5.41, 5.74) is 1.42. The summed E-state index contributed by atoms with van der Waals surface area (Å²) in [7, 11) is 0. The molecule has 2 heterocycles. The van der Waals surface area contributed by atoms with Crippen molar-refractivity contribution in [2.75, 3.05) is 26.2 Å². The number of hydrogen-bond donors (Lipinski definition) is 2. The second kappa shape index (κ2) is 3.35. The van der Waals surface area contributed by atoms with Gasteiger partial charge in [-0.2, -0.15) is 0 Å². The molecule has 2 aliphatic heterocycles. The number of nitrogens with zero attached hydrogens (tertiary/aromatic N) is 1. The van der Waals surface area contributed by atoms with Crippen LogP contribution >= 0.6 is 0 Å². The largest absolute Gasteiger partial charge is 0.396 e. The molecule has 0 spiro atoms. The minimum atomic E-state index is 0.344. The van der Waals surface area contributed by atoms with Crippen molar-refractivity contribution in [2.45, 2.75) is 12.8 Å². The average molecular weight is 168 g/mol. The van der Waals surface area contributed by atoms with Crippen LogP contribution in [0.15, 0.2) is 11.9 Å². The topological polar surface area (TPSA) is 35.5 Å². The SMILES string of the molecule is OC[C@H]1CCC2=CNCCN2C1. The predicted octanol–water partition coefficient (Wildman–Crippen LogP) is 0.135. The number of hydrogen-bond acceptors (Lipinski definition) is 3. The lowest BCUT2D eigenvalue weighted by Crippen LogP contribution is -2.42. The highest BCUT2D eigenvalue weighted by Gasteiger charge is 2.23. The van der Waals surface area contributed by atoms with E-state index in [9.17, 15) is 0 Å². The van der Waals surface area contributed by atoms with Crippen LogP contribution in [0, 0.1) is 5.92 Å². The molecule has 1 fully saturated rings. The van der Waals surface area contributed by atoms with Gasteiger partial charge in [-0.05, 0) is 18.8 Å². The van der Waals surface area contributed by atoms with Gasteiger partial charge in [-0.3, -0.25) is 0 Å². The van der Waals surface area contributed by atoms with E-state index >= 15 is 0 Å². The molecule has 0 unspecified atom stereocenters. The summed E-state index contributed by atoms with van der Waals surface area (Å²) in [6.45, 7) is 3.53. The van der Waals surface area contributed by atoms with Crippen molar-refractivity contribution in [1.29, 1.82) is 0 Å². The number of nitrogens with one attached hydrogen (secondary N) is 1. The molecule has 3 nitrogen and oxygen atoms in total. The van der Waals surface area contributed by atoms with Crippen LogP contribution in [0.25, 0.3) is 0 Å². The zero-order valence-corrected chi connectivity index (χ0v) is 7.29. The van der Waals surface area contributed by atoms with Crippen LogP contribution in [0.2, 0.25) is 0 Å². The maximum absolute atomic E-state index is 9.02. The molecule has 1 saturated heterocycles. The number of aliphatic hydroxyl groups excluding tert-OH is 1. The fourth-order valence-corrected chi connectivity index (χ4v) is 1.97. The quantitative estimate of drug-likeness (QED) is 0.584. The molecule has 3 heteroatoms. The fraction of sp³-hybridized carbons (Fsp3) is 0.778. The molecule has 2 aliphatic rings. The molecule has 2 N–H and O–H groups in total. The Morgan fingerprint density at radius 2 is 2.58 bits per heavy atom. The number of fused-ring (bicyclic) bond motifs is 1. The minimum Gasteiger partial charge on any atom is -0.396 e. The van der Waals surface area contributed by atoms with Crippen LogP contribution in [0.5, 0.6) is 0 Å². The summed E-state index contributed by atoms with van der Waals surface area (Å²) in [6, 6.07) is 0. The van der Waals surface area contributed by atoms with Gasteiger partial charge in [0.25, 0.3) is 0 Å². The molecule has 12 heavy (non-hydrogen) atoms. The van der Waals surface area contributed by atoms with Crippen molar-refractivity contribution in [3.63, 3.8) is 0 Å². The molecule has 0 aromatic rings. The molecule has 0 amide bonds. The molecule has 0 bridgehead atoms. The summed E-state index contributed by atoms with van der Waals surface area (Å²) in [5, 5.41) is 12.3. The van der Waals surface area contributed by atoms with Gasteiger partial charge < -0.3 is 15.3 Å². The van der Waals surface area contributed by atoms with Crippen LogP contribution in [0.3, 0.4) is 0 Å². The Bertz CT molecular complexity index is 191. The second-order valence-corrected chi connectivity index (χ2v) is 3.62. The molecule has 0 aliphatic carbocycles. The number of rotatable bonds is 1. The fourth-order valence-electron chi connectivity index (χ4n) is 1.97. The van der Waals surface area contributed by atoms with Gasteiger partial charge in [0, 0.05) is 38.1 Å². The van der Waals surface area contributed by atoms with E-state index in [1.54, 1.807) is 0 Å². The molecular weight excluding hydrogens is 152 g/mol. The highest BCUT2D eigenvalue weighted by Crippen LogP contribution is 2.24. The smallest absolute Gasteiger partial charge is 0.0476 e. The highest BCUT2D eigenvalue weighted by atomic mass is 16.3. The number of allylic oxidation sites excluding steroid dienone is 1. The first-order chi connectivity index (χ1) is 5.90. The van der Waals surface area contributed by atoms with E-state index in [-0.39, 0.29) is 0 Å². The first-order valence-electron chi connectivity index (χ1n) is 4.68. The molecule has 0 aromatic heterocycles. The first kappa shape index (κ1) is 7.92. The van der Waals surface area contributed by atoms with Crippen LogP contribution in [-0.4, -0.2) is 36.2 Å². The molecule has 68 valence electrons. The van der Waals surface area contributed by atoms with E-state index in [0.717, 1.165) is 32.5 Å². The van der Waals surface area contributed by atoms with E-state index < -0.39 is 0 Å². The summed E-state index contributed by atoms with van der Waals surface area (Å²) >= 11 is 0. The van der Waals surface area contributed by atoms with Crippen molar-refractivity contribution in [3.8, 4) is 0 Å². The van der Waals surface area contributed by atoms with E-state index in [1.165, 1.54) is 5.70 Å². The third-order valence-corrected chi connectivity index (χ3v) is 2.75. The maximum atomic E-state index is 9.02. The van der Waals surface area contributed by atoms with Gasteiger partial charge in [0.15, 0.2) is 0 Å². The molecule has 0 aromatic carbocycles. The van der Waals surface area contributed by atoms with E-state index in [0.29, 0.717) is 12.5 Å². The number of aliphatic hydroxyl groups is 1. The van der Waals surface area contributed by atoms with Crippen molar-refractivity contribution in [1.82, 2.24) is 10.2 Å². The Kier molecular flexibility index (Phi) is 2.21. The van der Waals surface area contributed by atoms with Gasteiger partial charge in [0.1, 0.15) is 0 Å². The molecular formula is C9H16N2O. The van der Waals surface area contributed by atoms with E-state index in [1.807, 2.05) is 0 Å². The minimum absolute atomic E-state index is 0.344. The maximum Gasteiger partial charge on any atom is 0.0476 e. The third-order valence-electron chi connectivity index (χ3n) is 2.75. The summed E-state index contributed by atoms with van der Waals surface area (Å²) < 4.78 is 0. The lowest BCUT2D eigenvalue weighted by atomic mass is 9.96.